The Hall–Kier alpha value is -2.18. The zero-order chi connectivity index (χ0) is 16.5. The van der Waals surface area contributed by atoms with E-state index < -0.39 is 0 Å². The monoisotopic (exact) mass is 325 g/mol. The minimum Gasteiger partial charge on any atom is -0.345 e. The molecule has 2 aliphatic heterocycles. The van der Waals surface area contributed by atoms with Gasteiger partial charge in [-0.15, -0.1) is 0 Å². The van der Waals surface area contributed by atoms with Gasteiger partial charge in [0.05, 0.1) is 0 Å². The van der Waals surface area contributed by atoms with Gasteiger partial charge >= 0.3 is 0 Å². The number of H-pyrrole nitrogens is 1. The van der Waals surface area contributed by atoms with E-state index in [9.17, 15) is 4.79 Å². The summed E-state index contributed by atoms with van der Waals surface area (Å²) >= 11 is 0. The van der Waals surface area contributed by atoms with E-state index in [0.29, 0.717) is 6.04 Å². The SMILES string of the molecule is CN1CCN2CCN(C(=O)c3cccc(-c4ncc[nH]4)c3)C[C@@H]2C1. The molecular formula is C18H23N5O. The van der Waals surface area contributed by atoms with E-state index >= 15 is 0 Å². The number of rotatable bonds is 2. The molecule has 0 radical (unpaired) electrons. The molecule has 0 aliphatic carbocycles. The summed E-state index contributed by atoms with van der Waals surface area (Å²) in [5.74, 6) is 0.916. The average molecular weight is 325 g/mol. The summed E-state index contributed by atoms with van der Waals surface area (Å²) in [7, 11) is 2.16. The van der Waals surface area contributed by atoms with Gasteiger partial charge in [-0.3, -0.25) is 9.69 Å². The number of aromatic nitrogens is 2. The highest BCUT2D eigenvalue weighted by Crippen LogP contribution is 2.20. The first-order valence-electron chi connectivity index (χ1n) is 8.52. The number of amides is 1. The van der Waals surface area contributed by atoms with Gasteiger partial charge in [0.2, 0.25) is 0 Å². The lowest BCUT2D eigenvalue weighted by molar-refractivity contribution is 0.0190. The van der Waals surface area contributed by atoms with Crippen molar-refractivity contribution in [2.24, 2.45) is 0 Å². The maximum atomic E-state index is 12.9. The van der Waals surface area contributed by atoms with E-state index in [0.717, 1.165) is 56.2 Å². The normalized spacial score (nSPS) is 22.4. The van der Waals surface area contributed by atoms with E-state index in [1.165, 1.54) is 0 Å². The fourth-order valence-corrected chi connectivity index (χ4v) is 3.70. The molecule has 126 valence electrons. The Morgan fingerprint density at radius 3 is 2.92 bits per heavy atom. The predicted octanol–water partition coefficient (Wildman–Crippen LogP) is 1.15. The summed E-state index contributed by atoms with van der Waals surface area (Å²) in [5.41, 5.74) is 1.68. The minimum atomic E-state index is 0.122. The van der Waals surface area contributed by atoms with Crippen molar-refractivity contribution in [2.75, 3.05) is 46.3 Å². The van der Waals surface area contributed by atoms with Crippen molar-refractivity contribution in [3.63, 3.8) is 0 Å². The second-order valence-electron chi connectivity index (χ2n) is 6.72. The first-order chi connectivity index (χ1) is 11.7. The molecule has 2 fully saturated rings. The number of nitrogens with one attached hydrogen (secondary N) is 1. The minimum absolute atomic E-state index is 0.122. The molecule has 1 aromatic carbocycles. The van der Waals surface area contributed by atoms with Crippen LogP contribution in [0.15, 0.2) is 36.7 Å². The number of likely N-dealkylation sites (N-methyl/N-ethyl adjacent to an activating group) is 1. The molecule has 0 spiro atoms. The molecule has 6 nitrogen and oxygen atoms in total. The van der Waals surface area contributed by atoms with Crippen LogP contribution in [0.4, 0.5) is 0 Å². The summed E-state index contributed by atoms with van der Waals surface area (Å²) < 4.78 is 0. The largest absolute Gasteiger partial charge is 0.345 e. The Kier molecular flexibility index (Phi) is 4.08. The summed E-state index contributed by atoms with van der Waals surface area (Å²) in [6.45, 7) is 5.86. The van der Waals surface area contributed by atoms with Crippen molar-refractivity contribution in [3.05, 3.63) is 42.2 Å². The number of hydrogen-bond donors (Lipinski definition) is 1. The van der Waals surface area contributed by atoms with Crippen molar-refractivity contribution >= 4 is 5.91 Å². The molecule has 1 aromatic heterocycles. The quantitative estimate of drug-likeness (QED) is 0.900. The number of benzene rings is 1. The number of carbonyl (C=O) groups excluding carboxylic acids is 1. The standard InChI is InChI=1S/C18H23N5O/c1-21-7-8-22-9-10-23(13-16(22)12-21)18(24)15-4-2-3-14(11-15)17-19-5-6-20-17/h2-6,11,16H,7-10,12-13H2,1H3,(H,19,20)/t16-/m0/s1. The third-order valence-electron chi connectivity index (χ3n) is 5.06. The molecule has 3 heterocycles. The number of carbonyl (C=O) groups is 1. The molecule has 4 rings (SSSR count). The maximum Gasteiger partial charge on any atom is 0.253 e. The number of aromatic amines is 1. The van der Waals surface area contributed by atoms with Gasteiger partial charge in [0.15, 0.2) is 0 Å². The first-order valence-corrected chi connectivity index (χ1v) is 8.52. The van der Waals surface area contributed by atoms with E-state index in [-0.39, 0.29) is 5.91 Å². The fraction of sp³-hybridized carbons (Fsp3) is 0.444. The van der Waals surface area contributed by atoms with Crippen LogP contribution in [-0.2, 0) is 0 Å². The van der Waals surface area contributed by atoms with Crippen LogP contribution in [0.25, 0.3) is 11.4 Å². The Morgan fingerprint density at radius 1 is 1.21 bits per heavy atom. The van der Waals surface area contributed by atoms with Gasteiger partial charge in [-0.25, -0.2) is 4.98 Å². The van der Waals surface area contributed by atoms with E-state index in [1.54, 1.807) is 12.4 Å². The van der Waals surface area contributed by atoms with Crippen LogP contribution in [0, 0.1) is 0 Å². The van der Waals surface area contributed by atoms with Gasteiger partial charge in [0.1, 0.15) is 5.82 Å². The Balaban J connectivity index is 1.51. The van der Waals surface area contributed by atoms with Crippen molar-refractivity contribution < 1.29 is 4.79 Å². The summed E-state index contributed by atoms with van der Waals surface area (Å²) in [5, 5.41) is 0. The highest BCUT2D eigenvalue weighted by atomic mass is 16.2. The van der Waals surface area contributed by atoms with Gasteiger partial charge in [-0.05, 0) is 19.2 Å². The summed E-state index contributed by atoms with van der Waals surface area (Å²) in [6, 6.07) is 8.18. The van der Waals surface area contributed by atoms with Crippen LogP contribution in [-0.4, -0.2) is 82.9 Å². The van der Waals surface area contributed by atoms with Crippen LogP contribution in [0.2, 0.25) is 0 Å². The van der Waals surface area contributed by atoms with Crippen LogP contribution >= 0.6 is 0 Å². The first kappa shape index (κ1) is 15.4. The highest BCUT2D eigenvalue weighted by molar-refractivity contribution is 5.95. The molecule has 1 amide bonds. The summed E-state index contributed by atoms with van der Waals surface area (Å²) in [6.07, 6.45) is 3.52. The predicted molar refractivity (Wildman–Crippen MR) is 92.8 cm³/mol. The van der Waals surface area contributed by atoms with Gasteiger partial charge in [-0.1, -0.05) is 12.1 Å². The number of hydrogen-bond acceptors (Lipinski definition) is 4. The van der Waals surface area contributed by atoms with E-state index in [2.05, 4.69) is 26.8 Å². The molecule has 0 unspecified atom stereocenters. The third-order valence-corrected chi connectivity index (χ3v) is 5.06. The molecule has 2 aromatic rings. The average Bonchev–Trinajstić information content (AvgIpc) is 3.15. The van der Waals surface area contributed by atoms with Crippen LogP contribution in [0.3, 0.4) is 0 Å². The topological polar surface area (TPSA) is 55.5 Å². The smallest absolute Gasteiger partial charge is 0.253 e. The lowest BCUT2D eigenvalue weighted by atomic mass is 10.1. The van der Waals surface area contributed by atoms with Crippen molar-refractivity contribution in [1.29, 1.82) is 0 Å². The number of fused-ring (bicyclic) bond motifs is 1. The van der Waals surface area contributed by atoms with Crippen molar-refractivity contribution in [2.45, 2.75) is 6.04 Å². The molecule has 2 aliphatic rings. The molecule has 24 heavy (non-hydrogen) atoms. The molecule has 0 bridgehead atoms. The lowest BCUT2D eigenvalue weighted by Crippen LogP contribution is -2.62. The zero-order valence-electron chi connectivity index (χ0n) is 14.0. The highest BCUT2D eigenvalue weighted by Gasteiger charge is 2.33. The van der Waals surface area contributed by atoms with Crippen molar-refractivity contribution in [3.8, 4) is 11.4 Å². The zero-order valence-corrected chi connectivity index (χ0v) is 14.0. The third kappa shape index (κ3) is 2.95. The van der Waals surface area contributed by atoms with E-state index in [1.807, 2.05) is 29.2 Å². The maximum absolute atomic E-state index is 12.9. The fourth-order valence-electron chi connectivity index (χ4n) is 3.70. The van der Waals surface area contributed by atoms with Crippen LogP contribution in [0.5, 0.6) is 0 Å². The second-order valence-corrected chi connectivity index (χ2v) is 6.72. The number of imidazole rings is 1. The summed E-state index contributed by atoms with van der Waals surface area (Å²) in [4.78, 5) is 27.2. The van der Waals surface area contributed by atoms with Crippen LogP contribution < -0.4 is 0 Å². The number of piperazine rings is 2. The van der Waals surface area contributed by atoms with Gasteiger partial charge in [-0.2, -0.15) is 0 Å². The Labute approximate surface area is 142 Å². The molecule has 6 heteroatoms. The van der Waals surface area contributed by atoms with Gasteiger partial charge < -0.3 is 14.8 Å². The van der Waals surface area contributed by atoms with Gasteiger partial charge in [0, 0.05) is 68.8 Å². The van der Waals surface area contributed by atoms with Gasteiger partial charge in [0.25, 0.3) is 5.91 Å². The number of nitrogens with zero attached hydrogens (tertiary/aromatic N) is 4. The van der Waals surface area contributed by atoms with Crippen molar-refractivity contribution in [1.82, 2.24) is 24.7 Å². The molecule has 0 saturated carbocycles. The second kappa shape index (κ2) is 6.37. The molecule has 1 N–H and O–H groups in total. The van der Waals surface area contributed by atoms with E-state index in [4.69, 9.17) is 0 Å². The molecule has 2 saturated heterocycles. The molecular weight excluding hydrogens is 302 g/mol. The lowest BCUT2D eigenvalue weighted by Gasteiger charge is -2.46. The Morgan fingerprint density at radius 2 is 2.08 bits per heavy atom. The Bertz CT molecular complexity index is 714. The molecule has 1 atom stereocenters. The van der Waals surface area contributed by atoms with Crippen LogP contribution in [0.1, 0.15) is 10.4 Å².